The van der Waals surface area contributed by atoms with Gasteiger partial charge in [-0.1, -0.05) is 21.6 Å². The fourth-order valence-corrected chi connectivity index (χ4v) is 5.03. The van der Waals surface area contributed by atoms with Crippen molar-refractivity contribution in [2.75, 3.05) is 0 Å². The van der Waals surface area contributed by atoms with Crippen molar-refractivity contribution in [3.8, 4) is 0 Å². The van der Waals surface area contributed by atoms with Crippen LogP contribution in [0.2, 0.25) is 0 Å². The van der Waals surface area contributed by atoms with E-state index in [9.17, 15) is 0 Å². The Balaban J connectivity index is 1.52. The highest BCUT2D eigenvalue weighted by atomic mass is 33.1. The molecule has 2 fully saturated rings. The van der Waals surface area contributed by atoms with Gasteiger partial charge in [0, 0.05) is 22.6 Å². The smallest absolute Gasteiger partial charge is 0.0181 e. The van der Waals surface area contributed by atoms with Crippen molar-refractivity contribution in [1.29, 1.82) is 0 Å². The van der Waals surface area contributed by atoms with Gasteiger partial charge in [-0.05, 0) is 25.7 Å². The molecule has 0 unspecified atom stereocenters. The number of rotatable bonds is 3. The van der Waals surface area contributed by atoms with Gasteiger partial charge in [0.15, 0.2) is 0 Å². The highest BCUT2D eigenvalue weighted by Gasteiger charge is 2.31. The Morgan fingerprint density at radius 3 is 1.33 bits per heavy atom. The van der Waals surface area contributed by atoms with Gasteiger partial charge in [0.2, 0.25) is 0 Å². The van der Waals surface area contributed by atoms with Gasteiger partial charge in [0.05, 0.1) is 0 Å². The van der Waals surface area contributed by atoms with E-state index in [0.29, 0.717) is 12.1 Å². The molecule has 0 radical (unpaired) electrons. The molecular formula is C8H16N2S2. The Morgan fingerprint density at radius 2 is 1.08 bits per heavy atom. The zero-order chi connectivity index (χ0) is 8.55. The highest BCUT2D eigenvalue weighted by molar-refractivity contribution is 8.77. The van der Waals surface area contributed by atoms with E-state index in [0.717, 1.165) is 10.5 Å². The van der Waals surface area contributed by atoms with E-state index in [1.807, 2.05) is 21.6 Å². The molecule has 2 aliphatic rings. The molecule has 2 saturated carbocycles. The summed E-state index contributed by atoms with van der Waals surface area (Å²) in [7, 11) is 4.07. The minimum Gasteiger partial charge on any atom is -0.328 e. The third-order valence-electron chi connectivity index (χ3n) is 2.59. The summed E-state index contributed by atoms with van der Waals surface area (Å²) in [5.74, 6) is 0. The summed E-state index contributed by atoms with van der Waals surface area (Å²) in [6.45, 7) is 0. The summed E-state index contributed by atoms with van der Waals surface area (Å²) < 4.78 is 0. The molecule has 2 aliphatic carbocycles. The topological polar surface area (TPSA) is 52.0 Å². The van der Waals surface area contributed by atoms with Crippen molar-refractivity contribution in [1.82, 2.24) is 0 Å². The summed E-state index contributed by atoms with van der Waals surface area (Å²) >= 11 is 0. The number of nitrogens with two attached hydrogens (primary N) is 2. The van der Waals surface area contributed by atoms with E-state index in [1.54, 1.807) is 0 Å². The van der Waals surface area contributed by atoms with E-state index in [1.165, 1.54) is 25.7 Å². The summed E-state index contributed by atoms with van der Waals surface area (Å²) in [5, 5.41) is 1.67. The predicted molar refractivity (Wildman–Crippen MR) is 57.2 cm³/mol. The maximum absolute atomic E-state index is 5.70. The molecule has 4 heteroatoms. The van der Waals surface area contributed by atoms with Crippen molar-refractivity contribution in [3.05, 3.63) is 0 Å². The second-order valence-corrected chi connectivity index (χ2v) is 6.77. The molecule has 4 N–H and O–H groups in total. The number of hydrogen-bond donors (Lipinski definition) is 2. The molecule has 2 rings (SSSR count). The van der Waals surface area contributed by atoms with Crippen LogP contribution in [0.25, 0.3) is 0 Å². The lowest BCUT2D eigenvalue weighted by atomic mass is 9.93. The van der Waals surface area contributed by atoms with Crippen LogP contribution >= 0.6 is 21.6 Å². The minimum absolute atomic E-state index is 0.492. The molecule has 0 bridgehead atoms. The highest BCUT2D eigenvalue weighted by Crippen LogP contribution is 2.45. The van der Waals surface area contributed by atoms with Crippen LogP contribution < -0.4 is 11.5 Å². The molecule has 12 heavy (non-hydrogen) atoms. The van der Waals surface area contributed by atoms with Gasteiger partial charge in [-0.15, -0.1) is 0 Å². The third-order valence-corrected chi connectivity index (χ3v) is 5.98. The minimum atomic E-state index is 0.492. The van der Waals surface area contributed by atoms with Gasteiger partial charge < -0.3 is 11.5 Å². The maximum Gasteiger partial charge on any atom is 0.0181 e. The molecule has 0 aromatic carbocycles. The first-order valence-corrected chi connectivity index (χ1v) is 6.85. The van der Waals surface area contributed by atoms with Gasteiger partial charge in [-0.3, -0.25) is 0 Å². The third kappa shape index (κ3) is 2.10. The Labute approximate surface area is 81.6 Å². The van der Waals surface area contributed by atoms with Crippen LogP contribution in [0.15, 0.2) is 0 Å². The lowest BCUT2D eigenvalue weighted by molar-refractivity contribution is 0.430. The lowest BCUT2D eigenvalue weighted by Crippen LogP contribution is -2.39. The van der Waals surface area contributed by atoms with Crippen molar-refractivity contribution < 1.29 is 0 Å². The fraction of sp³-hybridized carbons (Fsp3) is 1.00. The lowest BCUT2D eigenvalue weighted by Gasteiger charge is -2.36. The fourth-order valence-electron chi connectivity index (χ4n) is 1.53. The zero-order valence-electron chi connectivity index (χ0n) is 7.11. The van der Waals surface area contributed by atoms with Crippen molar-refractivity contribution in [2.45, 2.75) is 48.3 Å². The molecule has 70 valence electrons. The molecule has 0 aliphatic heterocycles. The Kier molecular flexibility index (Phi) is 2.89. The van der Waals surface area contributed by atoms with Crippen LogP contribution in [0.3, 0.4) is 0 Å². The Bertz CT molecular complexity index is 135. The molecule has 0 heterocycles. The predicted octanol–water partition coefficient (Wildman–Crippen LogP) is 1.35. The van der Waals surface area contributed by atoms with Crippen LogP contribution in [0.4, 0.5) is 0 Å². The van der Waals surface area contributed by atoms with Gasteiger partial charge in [0.1, 0.15) is 0 Å². The van der Waals surface area contributed by atoms with Gasteiger partial charge >= 0.3 is 0 Å². The van der Waals surface area contributed by atoms with Gasteiger partial charge in [-0.25, -0.2) is 0 Å². The Hall–Kier alpha value is 0.620. The quantitative estimate of drug-likeness (QED) is 0.681. The van der Waals surface area contributed by atoms with E-state index < -0.39 is 0 Å². The number of hydrogen-bond acceptors (Lipinski definition) is 4. The van der Waals surface area contributed by atoms with E-state index in [-0.39, 0.29) is 0 Å². The average Bonchev–Trinajstić information content (AvgIpc) is 1.91. The van der Waals surface area contributed by atoms with Gasteiger partial charge in [-0.2, -0.15) is 0 Å². The van der Waals surface area contributed by atoms with Crippen LogP contribution in [-0.2, 0) is 0 Å². The summed E-state index contributed by atoms with van der Waals surface area (Å²) in [5.41, 5.74) is 11.4. The molecule has 0 amide bonds. The largest absolute Gasteiger partial charge is 0.328 e. The normalized spacial score (nSPS) is 46.5. The van der Waals surface area contributed by atoms with Crippen molar-refractivity contribution in [2.24, 2.45) is 11.5 Å². The molecular weight excluding hydrogens is 188 g/mol. The first kappa shape index (κ1) is 9.19. The standard InChI is InChI=1S/C8H16N2S2/c9-5-1-7(2-5)11-12-8-3-6(10)4-8/h5-8H,1-4,9-10H2/t5-,6-,7+,8+. The maximum atomic E-state index is 5.70. The first-order valence-electron chi connectivity index (χ1n) is 4.57. The Morgan fingerprint density at radius 1 is 0.750 bits per heavy atom. The van der Waals surface area contributed by atoms with Crippen LogP contribution in [-0.4, -0.2) is 22.6 Å². The molecule has 0 atom stereocenters. The van der Waals surface area contributed by atoms with Crippen molar-refractivity contribution in [3.63, 3.8) is 0 Å². The van der Waals surface area contributed by atoms with E-state index >= 15 is 0 Å². The van der Waals surface area contributed by atoms with Crippen LogP contribution in [0.1, 0.15) is 25.7 Å². The molecule has 2 nitrogen and oxygen atoms in total. The average molecular weight is 204 g/mol. The van der Waals surface area contributed by atoms with Gasteiger partial charge in [0.25, 0.3) is 0 Å². The molecule has 0 saturated heterocycles. The van der Waals surface area contributed by atoms with Crippen molar-refractivity contribution >= 4 is 21.6 Å². The van der Waals surface area contributed by atoms with Crippen LogP contribution in [0.5, 0.6) is 0 Å². The summed E-state index contributed by atoms with van der Waals surface area (Å²) in [6.07, 6.45) is 4.87. The second kappa shape index (κ2) is 3.78. The van der Waals surface area contributed by atoms with Crippen LogP contribution in [0, 0.1) is 0 Å². The summed E-state index contributed by atoms with van der Waals surface area (Å²) in [6, 6.07) is 0.985. The molecule has 0 spiro atoms. The first-order chi connectivity index (χ1) is 5.74. The monoisotopic (exact) mass is 204 g/mol. The van der Waals surface area contributed by atoms with E-state index in [4.69, 9.17) is 11.5 Å². The molecule has 0 aromatic rings. The van der Waals surface area contributed by atoms with E-state index in [2.05, 4.69) is 0 Å². The summed E-state index contributed by atoms with van der Waals surface area (Å²) in [4.78, 5) is 0. The SMILES string of the molecule is N[C@H]1C[C@@H](SS[C@H]2C[C@@H](N)C2)C1. The zero-order valence-corrected chi connectivity index (χ0v) is 8.74. The second-order valence-electron chi connectivity index (χ2n) is 3.90. The molecule has 0 aromatic heterocycles.